The highest BCUT2D eigenvalue weighted by Crippen LogP contribution is 2.30. The number of rotatable bonds is 5. The summed E-state index contributed by atoms with van der Waals surface area (Å²) in [6, 6.07) is 17.5. The fourth-order valence-corrected chi connectivity index (χ4v) is 4.30. The molecule has 4 aromatic rings. The molecule has 0 aliphatic carbocycles. The van der Waals surface area contributed by atoms with Crippen molar-refractivity contribution in [3.8, 4) is 11.1 Å². The van der Waals surface area contributed by atoms with Crippen molar-refractivity contribution in [2.24, 2.45) is 0 Å². The number of hydrogen-bond donors (Lipinski definition) is 2. The summed E-state index contributed by atoms with van der Waals surface area (Å²) in [5.74, 6) is -0.262. The van der Waals surface area contributed by atoms with Crippen molar-refractivity contribution in [3.05, 3.63) is 77.7 Å². The van der Waals surface area contributed by atoms with Crippen LogP contribution in [0, 0.1) is 0 Å². The number of fused-ring (bicyclic) bond motifs is 1. The molecule has 2 N–H and O–H groups in total. The Morgan fingerprint density at radius 1 is 1.16 bits per heavy atom. The van der Waals surface area contributed by atoms with Gasteiger partial charge in [-0.3, -0.25) is 4.79 Å². The van der Waals surface area contributed by atoms with Crippen LogP contribution < -0.4 is 15.5 Å². The maximum Gasteiger partial charge on any atom is 0.274 e. The Balaban J connectivity index is 1.43. The molecule has 2 aromatic heterocycles. The first-order valence-corrected chi connectivity index (χ1v) is 10.9. The Morgan fingerprint density at radius 2 is 2.03 bits per heavy atom. The number of anilines is 2. The van der Waals surface area contributed by atoms with E-state index in [1.807, 2.05) is 55.6 Å². The van der Waals surface area contributed by atoms with Crippen LogP contribution in [0.2, 0.25) is 5.02 Å². The standard InChI is InChI=1S/C24H23ClN6O/c1-26-18-9-11-30(15-18)22-8-3-2-7-20(22)29-24(32)21-10-12-31-23(28-21)19(14-27-31)16-5-4-6-17(25)13-16/h2-8,10,12-14,18,26H,9,11,15H2,1H3,(H,29,32)/t18-/m0/s1. The number of aromatic nitrogens is 3. The van der Waals surface area contributed by atoms with E-state index in [0.717, 1.165) is 42.0 Å². The minimum Gasteiger partial charge on any atom is -0.368 e. The summed E-state index contributed by atoms with van der Waals surface area (Å²) in [4.78, 5) is 20.0. The third kappa shape index (κ3) is 3.92. The first kappa shape index (κ1) is 20.5. The summed E-state index contributed by atoms with van der Waals surface area (Å²) in [6.45, 7) is 1.85. The minimum atomic E-state index is -0.262. The molecule has 1 aliphatic rings. The quantitative estimate of drug-likeness (QED) is 0.482. The smallest absolute Gasteiger partial charge is 0.274 e. The van der Waals surface area contributed by atoms with Gasteiger partial charge < -0.3 is 15.5 Å². The fourth-order valence-electron chi connectivity index (χ4n) is 4.11. The van der Waals surface area contributed by atoms with E-state index in [0.29, 0.717) is 22.4 Å². The van der Waals surface area contributed by atoms with Gasteiger partial charge in [-0.1, -0.05) is 35.9 Å². The summed E-state index contributed by atoms with van der Waals surface area (Å²) < 4.78 is 1.66. The van der Waals surface area contributed by atoms with Crippen molar-refractivity contribution in [1.82, 2.24) is 19.9 Å². The van der Waals surface area contributed by atoms with Crippen molar-refractivity contribution in [1.29, 1.82) is 0 Å². The first-order chi connectivity index (χ1) is 15.6. The number of carbonyl (C=O) groups excluding carboxylic acids is 1. The summed E-state index contributed by atoms with van der Waals surface area (Å²) in [7, 11) is 1.98. The van der Waals surface area contributed by atoms with E-state index < -0.39 is 0 Å². The van der Waals surface area contributed by atoms with Crippen LogP contribution in [0.5, 0.6) is 0 Å². The van der Waals surface area contributed by atoms with E-state index in [4.69, 9.17) is 11.6 Å². The largest absolute Gasteiger partial charge is 0.368 e. The molecule has 1 aliphatic heterocycles. The van der Waals surface area contributed by atoms with E-state index in [1.165, 1.54) is 0 Å². The van der Waals surface area contributed by atoms with Gasteiger partial charge in [-0.15, -0.1) is 0 Å². The third-order valence-electron chi connectivity index (χ3n) is 5.83. The zero-order valence-corrected chi connectivity index (χ0v) is 18.4. The van der Waals surface area contributed by atoms with Crippen LogP contribution in [0.1, 0.15) is 16.9 Å². The molecule has 7 nitrogen and oxygen atoms in total. The Kier molecular flexibility index (Phi) is 5.51. The third-order valence-corrected chi connectivity index (χ3v) is 6.06. The molecule has 0 radical (unpaired) electrons. The summed E-state index contributed by atoms with van der Waals surface area (Å²) in [5.41, 5.74) is 4.44. The Bertz CT molecular complexity index is 1290. The van der Waals surface area contributed by atoms with Crippen LogP contribution in [0.3, 0.4) is 0 Å². The minimum absolute atomic E-state index is 0.262. The normalized spacial score (nSPS) is 15.9. The van der Waals surface area contributed by atoms with Gasteiger partial charge in [-0.05, 0) is 49.4 Å². The molecule has 2 aromatic carbocycles. The van der Waals surface area contributed by atoms with Crippen LogP contribution in [0.4, 0.5) is 11.4 Å². The molecule has 0 saturated carbocycles. The van der Waals surface area contributed by atoms with Crippen LogP contribution >= 0.6 is 11.6 Å². The molecule has 1 atom stereocenters. The molecule has 32 heavy (non-hydrogen) atoms. The van der Waals surface area contributed by atoms with Gasteiger partial charge in [0.2, 0.25) is 0 Å². The molecule has 0 unspecified atom stereocenters. The van der Waals surface area contributed by atoms with E-state index in [9.17, 15) is 4.79 Å². The number of nitrogens with zero attached hydrogens (tertiary/aromatic N) is 4. The second-order valence-electron chi connectivity index (χ2n) is 7.84. The van der Waals surface area contributed by atoms with Gasteiger partial charge in [0.15, 0.2) is 5.65 Å². The molecular weight excluding hydrogens is 424 g/mol. The lowest BCUT2D eigenvalue weighted by molar-refractivity contribution is 0.102. The molecule has 1 amide bonds. The number of halogens is 1. The highest BCUT2D eigenvalue weighted by molar-refractivity contribution is 6.30. The number of hydrogen-bond acceptors (Lipinski definition) is 5. The van der Waals surface area contributed by atoms with Crippen molar-refractivity contribution < 1.29 is 4.79 Å². The second-order valence-corrected chi connectivity index (χ2v) is 8.28. The van der Waals surface area contributed by atoms with Crippen LogP contribution in [0.15, 0.2) is 67.0 Å². The topological polar surface area (TPSA) is 74.6 Å². The molecule has 162 valence electrons. The van der Waals surface area contributed by atoms with E-state index in [1.54, 1.807) is 23.0 Å². The molecule has 1 saturated heterocycles. The second kappa shape index (κ2) is 8.61. The lowest BCUT2D eigenvalue weighted by Gasteiger charge is -2.22. The van der Waals surface area contributed by atoms with Crippen molar-refractivity contribution in [2.75, 3.05) is 30.4 Å². The van der Waals surface area contributed by atoms with E-state index in [2.05, 4.69) is 25.6 Å². The van der Waals surface area contributed by atoms with Crippen LogP contribution in [0.25, 0.3) is 16.8 Å². The maximum atomic E-state index is 13.1. The number of para-hydroxylation sites is 2. The average molecular weight is 447 g/mol. The molecular formula is C24H23ClN6O. The first-order valence-electron chi connectivity index (χ1n) is 10.6. The summed E-state index contributed by atoms with van der Waals surface area (Å²) in [5, 5.41) is 11.4. The van der Waals surface area contributed by atoms with Gasteiger partial charge in [0, 0.05) is 35.9 Å². The average Bonchev–Trinajstić information content (AvgIpc) is 3.46. The Morgan fingerprint density at radius 3 is 2.84 bits per heavy atom. The predicted molar refractivity (Wildman–Crippen MR) is 128 cm³/mol. The number of amides is 1. The number of likely N-dealkylation sites (N-methyl/N-ethyl adjacent to an activating group) is 1. The van der Waals surface area contributed by atoms with Crippen molar-refractivity contribution in [2.45, 2.75) is 12.5 Å². The van der Waals surface area contributed by atoms with Crippen molar-refractivity contribution in [3.63, 3.8) is 0 Å². The van der Waals surface area contributed by atoms with Gasteiger partial charge >= 0.3 is 0 Å². The summed E-state index contributed by atoms with van der Waals surface area (Å²) in [6.07, 6.45) is 4.55. The Labute approximate surface area is 191 Å². The zero-order chi connectivity index (χ0) is 22.1. The lowest BCUT2D eigenvalue weighted by atomic mass is 10.1. The van der Waals surface area contributed by atoms with E-state index in [-0.39, 0.29) is 5.91 Å². The van der Waals surface area contributed by atoms with E-state index >= 15 is 0 Å². The highest BCUT2D eigenvalue weighted by Gasteiger charge is 2.23. The number of carbonyl (C=O) groups is 1. The Hall–Kier alpha value is -3.42. The molecule has 1 fully saturated rings. The summed E-state index contributed by atoms with van der Waals surface area (Å²) >= 11 is 6.15. The van der Waals surface area contributed by atoms with Crippen LogP contribution in [-0.4, -0.2) is 46.7 Å². The lowest BCUT2D eigenvalue weighted by Crippen LogP contribution is -2.30. The maximum absolute atomic E-state index is 13.1. The molecule has 5 rings (SSSR count). The van der Waals surface area contributed by atoms with Gasteiger partial charge in [-0.25, -0.2) is 9.50 Å². The number of nitrogens with one attached hydrogen (secondary N) is 2. The fraction of sp³-hybridized carbons (Fsp3) is 0.208. The SMILES string of the molecule is CN[C@H]1CCN(c2ccccc2NC(=O)c2ccn3ncc(-c4cccc(Cl)c4)c3n2)C1. The molecule has 8 heteroatoms. The van der Waals surface area contributed by atoms with Crippen LogP contribution in [-0.2, 0) is 0 Å². The number of benzene rings is 2. The molecule has 0 bridgehead atoms. The van der Waals surface area contributed by atoms with Gasteiger partial charge in [0.05, 0.1) is 17.6 Å². The van der Waals surface area contributed by atoms with Gasteiger partial charge in [-0.2, -0.15) is 5.10 Å². The predicted octanol–water partition coefficient (Wildman–Crippen LogP) is 4.10. The monoisotopic (exact) mass is 446 g/mol. The van der Waals surface area contributed by atoms with Gasteiger partial charge in [0.1, 0.15) is 5.69 Å². The zero-order valence-electron chi connectivity index (χ0n) is 17.6. The van der Waals surface area contributed by atoms with Gasteiger partial charge in [0.25, 0.3) is 5.91 Å². The molecule has 0 spiro atoms. The molecule has 3 heterocycles. The van der Waals surface area contributed by atoms with Crippen molar-refractivity contribution >= 4 is 34.5 Å². The highest BCUT2D eigenvalue weighted by atomic mass is 35.5.